The molecule has 5 rings (SSSR count). The molecular weight excluding hydrogens is 366 g/mol. The van der Waals surface area contributed by atoms with Crippen molar-refractivity contribution in [1.29, 1.82) is 0 Å². The van der Waals surface area contributed by atoms with Crippen molar-refractivity contribution in [1.82, 2.24) is 24.2 Å². The second-order valence-corrected chi connectivity index (χ2v) is 8.14. The van der Waals surface area contributed by atoms with Crippen molar-refractivity contribution in [2.45, 2.75) is 32.5 Å². The second-order valence-electron chi connectivity index (χ2n) is 8.14. The maximum Gasteiger partial charge on any atom is 0.332 e. The Balaban J connectivity index is 1.41. The molecule has 0 N–H and O–H groups in total. The van der Waals surface area contributed by atoms with Crippen LogP contribution in [0.3, 0.4) is 0 Å². The van der Waals surface area contributed by atoms with Crippen LogP contribution >= 0.6 is 0 Å². The van der Waals surface area contributed by atoms with Gasteiger partial charge in [-0.15, -0.1) is 0 Å². The van der Waals surface area contributed by atoms with Gasteiger partial charge in [0, 0.05) is 50.4 Å². The number of likely N-dealkylation sites (tertiary alicyclic amines) is 1. The fourth-order valence-corrected chi connectivity index (χ4v) is 4.53. The number of pyridine rings is 1. The van der Waals surface area contributed by atoms with E-state index in [-0.39, 0.29) is 5.92 Å². The molecule has 148 valence electrons. The lowest BCUT2D eigenvalue weighted by molar-refractivity contribution is 0.303. The molecule has 2 aliphatic heterocycles. The van der Waals surface area contributed by atoms with Gasteiger partial charge in [-0.25, -0.2) is 4.68 Å². The van der Waals surface area contributed by atoms with E-state index in [2.05, 4.69) is 21.0 Å². The molecule has 1 fully saturated rings. The van der Waals surface area contributed by atoms with Gasteiger partial charge < -0.3 is 0 Å². The largest absolute Gasteiger partial charge is 0.332 e. The normalized spacial score (nSPS) is 20.6. The van der Waals surface area contributed by atoms with E-state index >= 15 is 0 Å². The zero-order valence-corrected chi connectivity index (χ0v) is 16.4. The molecule has 2 atom stereocenters. The van der Waals surface area contributed by atoms with Crippen molar-refractivity contribution in [3.63, 3.8) is 0 Å². The minimum Gasteiger partial charge on any atom is -0.298 e. The van der Waals surface area contributed by atoms with Crippen LogP contribution in [0.5, 0.6) is 0 Å². The highest BCUT2D eigenvalue weighted by Gasteiger charge is 2.42. The molecule has 0 bridgehead atoms. The molecular formula is C22H23N5O2. The number of aryl methyl sites for hydroxylation is 1. The molecule has 0 radical (unpaired) electrons. The van der Waals surface area contributed by atoms with E-state index in [1.807, 2.05) is 43.5 Å². The van der Waals surface area contributed by atoms with Gasteiger partial charge in [0.2, 0.25) is 0 Å². The third-order valence-corrected chi connectivity index (χ3v) is 6.01. The average Bonchev–Trinajstić information content (AvgIpc) is 3.26. The van der Waals surface area contributed by atoms with E-state index in [4.69, 9.17) is 0 Å². The molecule has 7 nitrogen and oxygen atoms in total. The third-order valence-electron chi connectivity index (χ3n) is 6.01. The van der Waals surface area contributed by atoms with Crippen LogP contribution in [0.25, 0.3) is 0 Å². The number of hydrogen-bond donors (Lipinski definition) is 0. The maximum absolute atomic E-state index is 12.7. The Bertz CT molecular complexity index is 1150. The quantitative estimate of drug-likeness (QED) is 0.631. The van der Waals surface area contributed by atoms with Gasteiger partial charge >= 0.3 is 11.1 Å². The topological polar surface area (TPSA) is 73.0 Å². The summed E-state index contributed by atoms with van der Waals surface area (Å²) in [6.07, 6.45) is 3.67. The number of rotatable bonds is 4. The summed E-state index contributed by atoms with van der Waals surface area (Å²) in [7, 11) is 0. The molecule has 2 aromatic heterocycles. The first-order valence-corrected chi connectivity index (χ1v) is 9.97. The Hall–Kier alpha value is -3.06. The third kappa shape index (κ3) is 3.31. The predicted octanol–water partition coefficient (Wildman–Crippen LogP) is 1.39. The fourth-order valence-electron chi connectivity index (χ4n) is 4.53. The molecule has 3 aromatic rings. The van der Waals surface area contributed by atoms with Crippen LogP contribution in [0.4, 0.5) is 0 Å². The van der Waals surface area contributed by atoms with Crippen molar-refractivity contribution >= 4 is 0 Å². The minimum absolute atomic E-state index is 0.184. The molecule has 1 saturated heterocycles. The van der Waals surface area contributed by atoms with Crippen molar-refractivity contribution in [2.75, 3.05) is 13.1 Å². The van der Waals surface area contributed by atoms with E-state index in [9.17, 15) is 9.59 Å². The van der Waals surface area contributed by atoms with Gasteiger partial charge in [0.15, 0.2) is 0 Å². The molecule has 2 aliphatic rings. The predicted molar refractivity (Wildman–Crippen MR) is 109 cm³/mol. The molecule has 29 heavy (non-hydrogen) atoms. The number of fused-ring (bicyclic) bond motifs is 3. The first-order valence-electron chi connectivity index (χ1n) is 9.97. The summed E-state index contributed by atoms with van der Waals surface area (Å²) in [5, 5.41) is 4.64. The summed E-state index contributed by atoms with van der Waals surface area (Å²) < 4.78 is 2.94. The van der Waals surface area contributed by atoms with E-state index in [1.165, 1.54) is 10.2 Å². The second kappa shape index (κ2) is 7.08. The van der Waals surface area contributed by atoms with Crippen LogP contribution in [0, 0.1) is 12.8 Å². The van der Waals surface area contributed by atoms with Crippen LogP contribution in [0.2, 0.25) is 0 Å². The SMILES string of the molecule is Cc1ccc(Cn2nc3n(c(=O)c2=O)C[C@@H]2CN(Cc4cccnc4)C[C@@H]32)cc1. The van der Waals surface area contributed by atoms with Crippen molar-refractivity contribution in [2.24, 2.45) is 5.92 Å². The lowest BCUT2D eigenvalue weighted by Crippen LogP contribution is -2.44. The van der Waals surface area contributed by atoms with Crippen molar-refractivity contribution < 1.29 is 0 Å². The fraction of sp³-hybridized carbons (Fsp3) is 0.364. The van der Waals surface area contributed by atoms with Gasteiger partial charge in [-0.1, -0.05) is 35.9 Å². The van der Waals surface area contributed by atoms with Crippen LogP contribution < -0.4 is 11.1 Å². The molecule has 0 saturated carbocycles. The summed E-state index contributed by atoms with van der Waals surface area (Å²) in [5.74, 6) is 1.26. The minimum atomic E-state index is -0.540. The van der Waals surface area contributed by atoms with E-state index in [0.717, 1.165) is 36.6 Å². The van der Waals surface area contributed by atoms with Crippen LogP contribution in [0.1, 0.15) is 28.4 Å². The molecule has 0 spiro atoms. The summed E-state index contributed by atoms with van der Waals surface area (Å²) in [5.41, 5.74) is 2.32. The van der Waals surface area contributed by atoms with Crippen LogP contribution in [-0.4, -0.2) is 37.3 Å². The molecule has 4 heterocycles. The van der Waals surface area contributed by atoms with Gasteiger partial charge in [0.1, 0.15) is 5.82 Å². The first kappa shape index (κ1) is 18.0. The molecule has 1 aromatic carbocycles. The Labute approximate surface area is 168 Å². The van der Waals surface area contributed by atoms with Gasteiger partial charge in [-0.05, 0) is 24.1 Å². The summed E-state index contributed by atoms with van der Waals surface area (Å²) in [6, 6.07) is 12.0. The Morgan fingerprint density at radius 1 is 0.966 bits per heavy atom. The Morgan fingerprint density at radius 3 is 2.55 bits per heavy atom. The van der Waals surface area contributed by atoms with Gasteiger partial charge in [-0.2, -0.15) is 5.10 Å². The lowest BCUT2D eigenvalue weighted by Gasteiger charge is -2.17. The highest BCUT2D eigenvalue weighted by atomic mass is 16.2. The van der Waals surface area contributed by atoms with E-state index < -0.39 is 11.1 Å². The Kier molecular flexibility index (Phi) is 4.39. The van der Waals surface area contributed by atoms with Gasteiger partial charge in [-0.3, -0.25) is 24.0 Å². The van der Waals surface area contributed by atoms with Gasteiger partial charge in [0.05, 0.1) is 6.54 Å². The zero-order valence-electron chi connectivity index (χ0n) is 16.4. The molecule has 0 aliphatic carbocycles. The zero-order chi connectivity index (χ0) is 20.0. The van der Waals surface area contributed by atoms with Gasteiger partial charge in [0.25, 0.3) is 0 Å². The summed E-state index contributed by atoms with van der Waals surface area (Å²) in [4.78, 5) is 31.8. The highest BCUT2D eigenvalue weighted by Crippen LogP contribution is 2.37. The van der Waals surface area contributed by atoms with Crippen LogP contribution in [0.15, 0.2) is 58.4 Å². The van der Waals surface area contributed by atoms with Crippen molar-refractivity contribution in [3.8, 4) is 0 Å². The molecule has 7 heteroatoms. The smallest absolute Gasteiger partial charge is 0.298 e. The van der Waals surface area contributed by atoms with E-state index in [0.29, 0.717) is 19.0 Å². The van der Waals surface area contributed by atoms with E-state index in [1.54, 1.807) is 10.8 Å². The maximum atomic E-state index is 12.7. The lowest BCUT2D eigenvalue weighted by atomic mass is 10.00. The molecule has 0 unspecified atom stereocenters. The molecule has 0 amide bonds. The standard InChI is InChI=1S/C22H23N5O2/c1-15-4-6-16(7-5-15)11-27-22(29)21(28)26-13-18-12-25(14-19(18)20(26)24-27)10-17-3-2-8-23-9-17/h2-9,18-19H,10-14H2,1H3/t18-,19+/m0/s1. The number of nitrogens with zero attached hydrogens (tertiary/aromatic N) is 5. The summed E-state index contributed by atoms with van der Waals surface area (Å²) in [6.45, 7) is 5.50. The van der Waals surface area contributed by atoms with Crippen LogP contribution in [-0.2, 0) is 19.6 Å². The monoisotopic (exact) mass is 389 g/mol. The number of benzene rings is 1. The average molecular weight is 389 g/mol. The number of aromatic nitrogens is 4. The first-order chi connectivity index (χ1) is 14.1. The highest BCUT2D eigenvalue weighted by molar-refractivity contribution is 5.21. The Morgan fingerprint density at radius 2 is 1.79 bits per heavy atom. The number of hydrogen-bond acceptors (Lipinski definition) is 5. The van der Waals surface area contributed by atoms with Crippen molar-refractivity contribution in [3.05, 3.63) is 92.0 Å². The summed E-state index contributed by atoms with van der Waals surface area (Å²) >= 11 is 0.